The van der Waals surface area contributed by atoms with E-state index >= 15 is 0 Å². The quantitative estimate of drug-likeness (QED) is 0.286. The Morgan fingerprint density at radius 2 is 2.12 bits per heavy atom. The molecule has 0 atom stereocenters. The van der Waals surface area contributed by atoms with Gasteiger partial charge in [0, 0.05) is 25.3 Å². The number of benzene rings is 1. The van der Waals surface area contributed by atoms with Crippen molar-refractivity contribution in [2.75, 3.05) is 32.6 Å². The third kappa shape index (κ3) is 6.22. The van der Waals surface area contributed by atoms with Gasteiger partial charge in [0.25, 0.3) is 0 Å². The molecule has 134 valence electrons. The van der Waals surface area contributed by atoms with Gasteiger partial charge in [-0.1, -0.05) is 11.6 Å². The third-order valence-electron chi connectivity index (χ3n) is 3.82. The number of anilines is 1. The SMILES string of the molecule is CCOc1cc(NC(=NC)NCCC2=CCCC2)ccc1OC.I. The first kappa shape index (κ1) is 20.6. The summed E-state index contributed by atoms with van der Waals surface area (Å²) in [5, 5.41) is 6.64. The Morgan fingerprint density at radius 3 is 2.75 bits per heavy atom. The number of methoxy groups -OCH3 is 1. The predicted octanol–water partition coefficient (Wildman–Crippen LogP) is 4.20. The molecule has 0 saturated carbocycles. The van der Waals surface area contributed by atoms with E-state index in [2.05, 4.69) is 21.7 Å². The molecule has 5 nitrogen and oxygen atoms in total. The number of ether oxygens (including phenoxy) is 2. The molecule has 1 aliphatic rings. The van der Waals surface area contributed by atoms with Crippen LogP contribution >= 0.6 is 24.0 Å². The smallest absolute Gasteiger partial charge is 0.195 e. The van der Waals surface area contributed by atoms with Crippen LogP contribution in [-0.2, 0) is 0 Å². The predicted molar refractivity (Wildman–Crippen MR) is 111 cm³/mol. The van der Waals surface area contributed by atoms with Gasteiger partial charge in [-0.05, 0) is 44.7 Å². The van der Waals surface area contributed by atoms with E-state index in [1.807, 2.05) is 25.1 Å². The van der Waals surface area contributed by atoms with E-state index in [1.54, 1.807) is 19.7 Å². The van der Waals surface area contributed by atoms with Crippen LogP contribution in [-0.4, -0.2) is 33.3 Å². The second-order valence-corrected chi connectivity index (χ2v) is 5.43. The molecule has 2 N–H and O–H groups in total. The number of nitrogens with one attached hydrogen (secondary N) is 2. The fraction of sp³-hybridized carbons (Fsp3) is 0.500. The molecule has 0 bridgehead atoms. The van der Waals surface area contributed by atoms with Crippen LogP contribution in [0.4, 0.5) is 5.69 Å². The number of nitrogens with zero attached hydrogens (tertiary/aromatic N) is 1. The zero-order chi connectivity index (χ0) is 16.5. The number of rotatable bonds is 7. The Balaban J connectivity index is 0.00000288. The lowest BCUT2D eigenvalue weighted by Crippen LogP contribution is -2.31. The lowest BCUT2D eigenvalue weighted by Gasteiger charge is -2.15. The van der Waals surface area contributed by atoms with Crippen LogP contribution in [0.2, 0.25) is 0 Å². The molecular formula is C18H28IN3O2. The molecule has 0 unspecified atom stereocenters. The van der Waals surface area contributed by atoms with E-state index < -0.39 is 0 Å². The summed E-state index contributed by atoms with van der Waals surface area (Å²) in [4.78, 5) is 4.27. The van der Waals surface area contributed by atoms with Crippen LogP contribution in [0.1, 0.15) is 32.6 Å². The molecule has 1 aromatic rings. The molecular weight excluding hydrogens is 417 g/mol. The van der Waals surface area contributed by atoms with Gasteiger partial charge in [0.05, 0.1) is 13.7 Å². The van der Waals surface area contributed by atoms with Crippen molar-refractivity contribution in [2.45, 2.75) is 32.6 Å². The minimum atomic E-state index is 0. The molecule has 0 saturated heterocycles. The summed E-state index contributed by atoms with van der Waals surface area (Å²) in [5.74, 6) is 2.22. The van der Waals surface area contributed by atoms with Crippen molar-refractivity contribution in [1.29, 1.82) is 0 Å². The number of guanidine groups is 1. The van der Waals surface area contributed by atoms with Gasteiger partial charge in [-0.3, -0.25) is 4.99 Å². The summed E-state index contributed by atoms with van der Waals surface area (Å²) in [6.07, 6.45) is 7.20. The second kappa shape index (κ2) is 11.2. The minimum absolute atomic E-state index is 0. The van der Waals surface area contributed by atoms with E-state index in [0.29, 0.717) is 6.61 Å². The Kier molecular flexibility index (Phi) is 9.59. The summed E-state index contributed by atoms with van der Waals surface area (Å²) < 4.78 is 10.9. The van der Waals surface area contributed by atoms with Crippen molar-refractivity contribution in [3.63, 3.8) is 0 Å². The first-order valence-electron chi connectivity index (χ1n) is 8.23. The Bertz CT molecular complexity index is 573. The molecule has 0 aromatic heterocycles. The highest BCUT2D eigenvalue weighted by atomic mass is 127. The van der Waals surface area contributed by atoms with Crippen LogP contribution in [0.25, 0.3) is 0 Å². The molecule has 0 spiro atoms. The van der Waals surface area contributed by atoms with Crippen LogP contribution in [0, 0.1) is 0 Å². The van der Waals surface area contributed by atoms with Crippen LogP contribution in [0.15, 0.2) is 34.8 Å². The number of allylic oxidation sites excluding steroid dienone is 1. The maximum atomic E-state index is 5.60. The van der Waals surface area contributed by atoms with E-state index in [0.717, 1.165) is 36.1 Å². The van der Waals surface area contributed by atoms with Gasteiger partial charge >= 0.3 is 0 Å². The van der Waals surface area contributed by atoms with Crippen molar-refractivity contribution in [3.8, 4) is 11.5 Å². The van der Waals surface area contributed by atoms with Gasteiger partial charge in [-0.25, -0.2) is 0 Å². The highest BCUT2D eigenvalue weighted by Gasteiger charge is 2.08. The van der Waals surface area contributed by atoms with Gasteiger partial charge in [0.15, 0.2) is 17.5 Å². The van der Waals surface area contributed by atoms with Gasteiger partial charge < -0.3 is 20.1 Å². The lowest BCUT2D eigenvalue weighted by atomic mass is 10.2. The number of hydrogen-bond acceptors (Lipinski definition) is 3. The van der Waals surface area contributed by atoms with Gasteiger partial charge in [0.1, 0.15) is 0 Å². The fourth-order valence-electron chi connectivity index (χ4n) is 2.64. The highest BCUT2D eigenvalue weighted by Crippen LogP contribution is 2.30. The van der Waals surface area contributed by atoms with Crippen molar-refractivity contribution in [3.05, 3.63) is 29.8 Å². The number of hydrogen-bond donors (Lipinski definition) is 2. The minimum Gasteiger partial charge on any atom is -0.493 e. The Morgan fingerprint density at radius 1 is 1.29 bits per heavy atom. The van der Waals surface area contributed by atoms with Crippen LogP contribution in [0.5, 0.6) is 11.5 Å². The van der Waals surface area contributed by atoms with Gasteiger partial charge in [-0.2, -0.15) is 0 Å². The maximum absolute atomic E-state index is 5.60. The largest absolute Gasteiger partial charge is 0.493 e. The summed E-state index contributed by atoms with van der Waals surface area (Å²) in [7, 11) is 3.42. The highest BCUT2D eigenvalue weighted by molar-refractivity contribution is 14.0. The zero-order valence-electron chi connectivity index (χ0n) is 14.7. The average molecular weight is 445 g/mol. The molecule has 1 aliphatic carbocycles. The van der Waals surface area contributed by atoms with Crippen molar-refractivity contribution < 1.29 is 9.47 Å². The van der Waals surface area contributed by atoms with Gasteiger partial charge in [-0.15, -0.1) is 24.0 Å². The normalized spacial score (nSPS) is 13.8. The van der Waals surface area contributed by atoms with Crippen molar-refractivity contribution in [2.24, 2.45) is 4.99 Å². The molecule has 0 aliphatic heterocycles. The summed E-state index contributed by atoms with van der Waals surface area (Å²) in [6, 6.07) is 5.77. The van der Waals surface area contributed by atoms with E-state index in [-0.39, 0.29) is 24.0 Å². The Labute approximate surface area is 161 Å². The van der Waals surface area contributed by atoms with Crippen molar-refractivity contribution >= 4 is 35.6 Å². The van der Waals surface area contributed by atoms with E-state index in [9.17, 15) is 0 Å². The standard InChI is InChI=1S/C18H27N3O2.HI/c1-4-23-17-13-15(9-10-16(17)22-3)21-18(19-2)20-12-11-14-7-5-6-8-14;/h7,9-10,13H,4-6,8,11-12H2,1-3H3,(H2,19,20,21);1H. The second-order valence-electron chi connectivity index (χ2n) is 5.43. The molecule has 24 heavy (non-hydrogen) atoms. The lowest BCUT2D eigenvalue weighted by molar-refractivity contribution is 0.311. The molecule has 0 fully saturated rings. The molecule has 2 rings (SSSR count). The molecule has 1 aromatic carbocycles. The van der Waals surface area contributed by atoms with Crippen LogP contribution in [0.3, 0.4) is 0 Å². The number of aliphatic imine (C=N–C) groups is 1. The zero-order valence-corrected chi connectivity index (χ0v) is 17.1. The summed E-state index contributed by atoms with van der Waals surface area (Å²) in [6.45, 7) is 3.44. The third-order valence-corrected chi connectivity index (χ3v) is 3.82. The topological polar surface area (TPSA) is 54.9 Å². The number of halogens is 1. The van der Waals surface area contributed by atoms with Crippen molar-refractivity contribution in [1.82, 2.24) is 5.32 Å². The summed E-state index contributed by atoms with van der Waals surface area (Å²) in [5.41, 5.74) is 2.47. The van der Waals surface area contributed by atoms with E-state index in [1.165, 1.54) is 19.3 Å². The fourth-order valence-corrected chi connectivity index (χ4v) is 2.64. The molecule has 0 heterocycles. The summed E-state index contributed by atoms with van der Waals surface area (Å²) >= 11 is 0. The Hall–Kier alpha value is -1.44. The molecule has 0 amide bonds. The van der Waals surface area contributed by atoms with Crippen LogP contribution < -0.4 is 20.1 Å². The van der Waals surface area contributed by atoms with E-state index in [4.69, 9.17) is 9.47 Å². The average Bonchev–Trinajstić information content (AvgIpc) is 3.08. The molecule has 0 radical (unpaired) electrons. The molecule has 6 heteroatoms. The monoisotopic (exact) mass is 445 g/mol. The van der Waals surface area contributed by atoms with Gasteiger partial charge in [0.2, 0.25) is 0 Å². The first-order valence-corrected chi connectivity index (χ1v) is 8.23. The maximum Gasteiger partial charge on any atom is 0.195 e. The first-order chi connectivity index (χ1) is 11.3.